The molecule has 0 unspecified atom stereocenters. The zero-order valence-corrected chi connectivity index (χ0v) is 12.7. The Morgan fingerprint density at radius 2 is 2.12 bits per heavy atom. The lowest BCUT2D eigenvalue weighted by Crippen LogP contribution is -2.14. The largest absolute Gasteiger partial charge is 0.368 e. The number of hydrogen-bond acceptors (Lipinski definition) is 7. The summed E-state index contributed by atoms with van der Waals surface area (Å²) in [5.41, 5.74) is 7.65. The third-order valence-electron chi connectivity index (χ3n) is 3.50. The van der Waals surface area contributed by atoms with Gasteiger partial charge in [0.2, 0.25) is 11.9 Å². The maximum absolute atomic E-state index is 5.82. The van der Waals surface area contributed by atoms with Crippen LogP contribution in [0.4, 0.5) is 11.9 Å². The van der Waals surface area contributed by atoms with Crippen LogP contribution in [-0.4, -0.2) is 40.7 Å². The van der Waals surface area contributed by atoms with Gasteiger partial charge in [0.15, 0.2) is 5.82 Å². The van der Waals surface area contributed by atoms with Crippen molar-refractivity contribution in [2.75, 3.05) is 17.6 Å². The predicted molar refractivity (Wildman–Crippen MR) is 89.1 cm³/mol. The maximum atomic E-state index is 5.82. The van der Waals surface area contributed by atoms with Crippen LogP contribution in [0, 0.1) is 0 Å². The monoisotopic (exact) mass is 321 g/mol. The molecule has 9 nitrogen and oxygen atoms in total. The Balaban J connectivity index is 1.56. The minimum atomic E-state index is 0.173. The molecule has 4 aromatic rings. The van der Waals surface area contributed by atoms with E-state index in [0.29, 0.717) is 24.9 Å². The molecule has 0 fully saturated rings. The zero-order chi connectivity index (χ0) is 16.4. The van der Waals surface area contributed by atoms with E-state index in [1.165, 1.54) is 0 Å². The summed E-state index contributed by atoms with van der Waals surface area (Å²) in [5, 5.41) is 7.29. The zero-order valence-electron chi connectivity index (χ0n) is 12.7. The van der Waals surface area contributed by atoms with Crippen molar-refractivity contribution >= 4 is 17.4 Å². The average molecular weight is 321 g/mol. The third kappa shape index (κ3) is 2.86. The van der Waals surface area contributed by atoms with Crippen molar-refractivity contribution in [3.8, 4) is 11.4 Å². The van der Waals surface area contributed by atoms with Gasteiger partial charge < -0.3 is 15.5 Å². The first-order valence-electron chi connectivity index (χ1n) is 7.43. The number of nitrogens with one attached hydrogen (secondary N) is 1. The fourth-order valence-electron chi connectivity index (χ4n) is 2.37. The summed E-state index contributed by atoms with van der Waals surface area (Å²) in [6.45, 7) is 1.33. The molecule has 3 N–H and O–H groups in total. The molecular weight excluding hydrogens is 306 g/mol. The summed E-state index contributed by atoms with van der Waals surface area (Å²) >= 11 is 0. The summed E-state index contributed by atoms with van der Waals surface area (Å²) in [6.07, 6.45) is 9.06. The summed E-state index contributed by atoms with van der Waals surface area (Å²) in [4.78, 5) is 16.9. The number of aromatic nitrogens is 7. The van der Waals surface area contributed by atoms with E-state index in [1.54, 1.807) is 18.7 Å². The summed E-state index contributed by atoms with van der Waals surface area (Å²) in [7, 11) is 0. The van der Waals surface area contributed by atoms with Crippen LogP contribution in [0.2, 0.25) is 0 Å². The van der Waals surface area contributed by atoms with E-state index in [4.69, 9.17) is 5.73 Å². The van der Waals surface area contributed by atoms with E-state index >= 15 is 0 Å². The molecule has 0 spiro atoms. The Hall–Kier alpha value is -3.49. The Morgan fingerprint density at radius 1 is 1.17 bits per heavy atom. The van der Waals surface area contributed by atoms with Gasteiger partial charge in [0, 0.05) is 30.7 Å². The van der Waals surface area contributed by atoms with Crippen molar-refractivity contribution in [1.29, 1.82) is 0 Å². The first-order valence-corrected chi connectivity index (χ1v) is 7.43. The molecule has 9 heteroatoms. The lowest BCUT2D eigenvalue weighted by molar-refractivity contribution is 0.636. The molecule has 0 bridgehead atoms. The predicted octanol–water partition coefficient (Wildman–Crippen LogP) is 1.08. The molecular formula is C15H15N9. The van der Waals surface area contributed by atoms with E-state index in [2.05, 4.69) is 30.4 Å². The molecule has 120 valence electrons. The number of imidazole rings is 1. The van der Waals surface area contributed by atoms with Gasteiger partial charge in [-0.25, -0.2) is 4.98 Å². The number of hydrogen-bond donors (Lipinski definition) is 2. The summed E-state index contributed by atoms with van der Waals surface area (Å²) in [6, 6.07) is 5.76. The first kappa shape index (κ1) is 14.1. The minimum absolute atomic E-state index is 0.173. The van der Waals surface area contributed by atoms with Crippen molar-refractivity contribution in [1.82, 2.24) is 34.1 Å². The van der Waals surface area contributed by atoms with Crippen molar-refractivity contribution in [2.24, 2.45) is 0 Å². The number of nitrogen functional groups attached to an aromatic ring is 1. The molecule has 4 aromatic heterocycles. The van der Waals surface area contributed by atoms with Gasteiger partial charge in [0.1, 0.15) is 0 Å². The fraction of sp³-hybridized carbons (Fsp3) is 0.133. The molecule has 0 aliphatic carbocycles. The number of rotatable bonds is 5. The minimum Gasteiger partial charge on any atom is -0.368 e. The second-order valence-corrected chi connectivity index (χ2v) is 5.18. The Morgan fingerprint density at radius 3 is 3.00 bits per heavy atom. The van der Waals surface area contributed by atoms with Gasteiger partial charge in [-0.05, 0) is 18.2 Å². The molecule has 0 aromatic carbocycles. The Kier molecular flexibility index (Phi) is 3.50. The molecule has 0 aliphatic rings. The second kappa shape index (κ2) is 5.95. The smallest absolute Gasteiger partial charge is 0.228 e. The topological polar surface area (TPSA) is 112 Å². The van der Waals surface area contributed by atoms with E-state index in [0.717, 1.165) is 11.1 Å². The molecule has 0 saturated carbocycles. The molecule has 4 heterocycles. The number of nitrogens with two attached hydrogens (primary N) is 1. The van der Waals surface area contributed by atoms with Crippen LogP contribution in [0.15, 0.2) is 49.3 Å². The Labute approximate surface area is 137 Å². The van der Waals surface area contributed by atoms with Crippen LogP contribution in [0.25, 0.3) is 16.9 Å². The van der Waals surface area contributed by atoms with Crippen molar-refractivity contribution in [3.05, 3.63) is 49.3 Å². The van der Waals surface area contributed by atoms with Crippen molar-refractivity contribution in [2.45, 2.75) is 6.54 Å². The van der Waals surface area contributed by atoms with Crippen LogP contribution < -0.4 is 11.1 Å². The summed E-state index contributed by atoms with van der Waals surface area (Å²) in [5.74, 6) is 1.13. The average Bonchev–Trinajstić information content (AvgIpc) is 3.25. The lowest BCUT2D eigenvalue weighted by atomic mass is 10.2. The quantitative estimate of drug-likeness (QED) is 0.565. The molecule has 0 aliphatic heterocycles. The highest BCUT2D eigenvalue weighted by Gasteiger charge is 2.08. The van der Waals surface area contributed by atoms with Gasteiger partial charge >= 0.3 is 0 Å². The molecule has 24 heavy (non-hydrogen) atoms. The number of anilines is 2. The molecule has 0 amide bonds. The molecule has 4 rings (SSSR count). The normalized spacial score (nSPS) is 11.0. The standard InChI is InChI=1S/C15H15N9/c16-14-20-13(11-2-3-12-8-17-10-23(12)9-11)21-15(22-14)18-5-7-24-6-1-4-19-24/h1-4,6,8-10H,5,7H2,(H3,16,18,20,21,22). The van der Waals surface area contributed by atoms with Gasteiger partial charge in [-0.3, -0.25) is 4.68 Å². The highest BCUT2D eigenvalue weighted by molar-refractivity contribution is 5.60. The van der Waals surface area contributed by atoms with Crippen LogP contribution in [0.1, 0.15) is 0 Å². The van der Waals surface area contributed by atoms with Crippen LogP contribution >= 0.6 is 0 Å². The van der Waals surface area contributed by atoms with Crippen LogP contribution in [0.5, 0.6) is 0 Å². The van der Waals surface area contributed by atoms with Crippen LogP contribution in [-0.2, 0) is 6.54 Å². The van der Waals surface area contributed by atoms with Crippen molar-refractivity contribution < 1.29 is 0 Å². The number of pyridine rings is 1. The number of nitrogens with zero attached hydrogens (tertiary/aromatic N) is 7. The highest BCUT2D eigenvalue weighted by Crippen LogP contribution is 2.18. The molecule has 0 atom stereocenters. The maximum Gasteiger partial charge on any atom is 0.228 e. The molecule has 0 radical (unpaired) electrons. The molecule has 0 saturated heterocycles. The highest BCUT2D eigenvalue weighted by atomic mass is 15.3. The van der Waals surface area contributed by atoms with E-state index in [9.17, 15) is 0 Å². The van der Waals surface area contributed by atoms with Gasteiger partial charge in [-0.15, -0.1) is 0 Å². The van der Waals surface area contributed by atoms with E-state index < -0.39 is 0 Å². The Bertz CT molecular complexity index is 958. The summed E-state index contributed by atoms with van der Waals surface area (Å²) < 4.78 is 3.73. The van der Waals surface area contributed by atoms with E-state index in [-0.39, 0.29) is 5.95 Å². The van der Waals surface area contributed by atoms with E-state index in [1.807, 2.05) is 39.7 Å². The SMILES string of the molecule is Nc1nc(NCCn2cccn2)nc(-c2ccc3cncn3c2)n1. The van der Waals surface area contributed by atoms with Gasteiger partial charge in [-0.1, -0.05) is 0 Å². The third-order valence-corrected chi connectivity index (χ3v) is 3.50. The van der Waals surface area contributed by atoms with Gasteiger partial charge in [0.25, 0.3) is 0 Å². The fourth-order valence-corrected chi connectivity index (χ4v) is 2.37. The first-order chi connectivity index (χ1) is 11.8. The van der Waals surface area contributed by atoms with Crippen LogP contribution in [0.3, 0.4) is 0 Å². The second-order valence-electron chi connectivity index (χ2n) is 5.18. The van der Waals surface area contributed by atoms with Gasteiger partial charge in [-0.2, -0.15) is 20.1 Å². The van der Waals surface area contributed by atoms with Crippen molar-refractivity contribution in [3.63, 3.8) is 0 Å². The number of fused-ring (bicyclic) bond motifs is 1. The lowest BCUT2D eigenvalue weighted by Gasteiger charge is -2.08. The van der Waals surface area contributed by atoms with Gasteiger partial charge in [0.05, 0.1) is 24.6 Å².